The van der Waals surface area contributed by atoms with Crippen LogP contribution >= 0.6 is 11.6 Å². The van der Waals surface area contributed by atoms with Crippen LogP contribution in [0.4, 0.5) is 0 Å². The third-order valence-corrected chi connectivity index (χ3v) is 2.46. The number of carbonyl (C=O) groups excluding carboxylic acids is 1. The lowest BCUT2D eigenvalue weighted by molar-refractivity contribution is -0.123. The smallest absolute Gasteiger partial charge is 0.222 e. The van der Waals surface area contributed by atoms with Crippen LogP contribution < -0.4 is 11.1 Å². The summed E-state index contributed by atoms with van der Waals surface area (Å²) in [6.07, 6.45) is 1.07. The molecule has 0 aliphatic carbocycles. The maximum Gasteiger partial charge on any atom is 0.222 e. The molecule has 0 aromatic carbocycles. The average molecular weight is 215 g/mol. The van der Waals surface area contributed by atoms with Crippen LogP contribution in [0.5, 0.6) is 0 Å². The minimum atomic E-state index is -0.140. The molecule has 2 atom stereocenters. The molecule has 1 aliphatic rings. The van der Waals surface area contributed by atoms with Gasteiger partial charge in [-0.2, -0.15) is 0 Å². The highest BCUT2D eigenvalue weighted by molar-refractivity contribution is 6.28. The second kappa shape index (κ2) is 3.63. The van der Waals surface area contributed by atoms with Gasteiger partial charge in [-0.05, 0) is 30.2 Å². The van der Waals surface area contributed by atoms with E-state index in [0.29, 0.717) is 23.8 Å². The summed E-state index contributed by atoms with van der Waals surface area (Å²) in [6, 6.07) is 3.17. The number of carbonyl (C=O) groups is 1. The first-order valence-electron chi connectivity index (χ1n) is 4.45. The molecule has 0 spiro atoms. The summed E-state index contributed by atoms with van der Waals surface area (Å²) in [5.41, 5.74) is 5.72. The van der Waals surface area contributed by atoms with Crippen molar-refractivity contribution in [1.82, 2.24) is 5.32 Å². The first-order chi connectivity index (χ1) is 6.65. The number of rotatable bonds is 1. The van der Waals surface area contributed by atoms with Gasteiger partial charge in [0.25, 0.3) is 0 Å². The molecule has 0 bridgehead atoms. The van der Waals surface area contributed by atoms with E-state index in [1.807, 2.05) is 0 Å². The Balaban J connectivity index is 2.14. The molecule has 1 saturated heterocycles. The van der Waals surface area contributed by atoms with Gasteiger partial charge >= 0.3 is 0 Å². The van der Waals surface area contributed by atoms with Crippen molar-refractivity contribution in [3.8, 4) is 0 Å². The fraction of sp³-hybridized carbons (Fsp3) is 0.444. The average Bonchev–Trinajstić information content (AvgIpc) is 2.50. The van der Waals surface area contributed by atoms with Crippen molar-refractivity contribution in [3.63, 3.8) is 0 Å². The zero-order chi connectivity index (χ0) is 10.1. The lowest BCUT2D eigenvalue weighted by atomic mass is 9.98. The van der Waals surface area contributed by atoms with Gasteiger partial charge in [-0.25, -0.2) is 0 Å². The molecule has 2 unspecified atom stereocenters. The summed E-state index contributed by atoms with van der Waals surface area (Å²) in [5.74, 6) is 0.625. The second-order valence-corrected chi connectivity index (χ2v) is 3.83. The molecule has 2 rings (SSSR count). The molecule has 1 aromatic rings. The highest BCUT2D eigenvalue weighted by Gasteiger charge is 2.27. The molecule has 1 amide bonds. The van der Waals surface area contributed by atoms with Gasteiger partial charge in [0.2, 0.25) is 5.91 Å². The number of hydrogen-bond acceptors (Lipinski definition) is 3. The Morgan fingerprint density at radius 2 is 2.36 bits per heavy atom. The first-order valence-corrected chi connectivity index (χ1v) is 4.83. The molecule has 14 heavy (non-hydrogen) atoms. The molecule has 4 nitrogen and oxygen atoms in total. The minimum Gasteiger partial charge on any atom is -0.448 e. The molecule has 5 heteroatoms. The molecule has 1 fully saturated rings. The van der Waals surface area contributed by atoms with E-state index in [1.165, 1.54) is 0 Å². The number of furan rings is 1. The van der Waals surface area contributed by atoms with E-state index in [2.05, 4.69) is 5.32 Å². The lowest BCUT2D eigenvalue weighted by Gasteiger charge is -2.25. The number of nitrogens with two attached hydrogens (primary N) is 1. The normalized spacial score (nSPS) is 27.4. The highest BCUT2D eigenvalue weighted by atomic mass is 35.5. The number of halogens is 1. The van der Waals surface area contributed by atoms with E-state index in [-0.39, 0.29) is 18.0 Å². The van der Waals surface area contributed by atoms with Crippen molar-refractivity contribution in [2.75, 3.05) is 0 Å². The summed E-state index contributed by atoms with van der Waals surface area (Å²) in [5, 5.41) is 3.13. The largest absolute Gasteiger partial charge is 0.448 e. The molecule has 2 heterocycles. The van der Waals surface area contributed by atoms with E-state index in [0.717, 1.165) is 0 Å². The molecular formula is C9H11ClN2O2. The van der Waals surface area contributed by atoms with E-state index < -0.39 is 0 Å². The van der Waals surface area contributed by atoms with Gasteiger partial charge in [0.05, 0.1) is 6.04 Å². The maximum absolute atomic E-state index is 11.2. The van der Waals surface area contributed by atoms with Crippen LogP contribution in [0.1, 0.15) is 24.6 Å². The number of nitrogens with one attached hydrogen (secondary N) is 1. The van der Waals surface area contributed by atoms with Crippen molar-refractivity contribution < 1.29 is 9.21 Å². The van der Waals surface area contributed by atoms with Gasteiger partial charge in [-0.1, -0.05) is 0 Å². The summed E-state index contributed by atoms with van der Waals surface area (Å²) < 4.78 is 5.21. The Bertz CT molecular complexity index is 350. The van der Waals surface area contributed by atoms with Crippen molar-refractivity contribution in [2.24, 2.45) is 5.73 Å². The molecule has 1 aliphatic heterocycles. The minimum absolute atomic E-state index is 0.0405. The lowest BCUT2D eigenvalue weighted by Crippen LogP contribution is -2.42. The maximum atomic E-state index is 11.2. The van der Waals surface area contributed by atoms with Gasteiger partial charge in [-0.15, -0.1) is 0 Å². The Kier molecular flexibility index (Phi) is 2.48. The summed E-state index contributed by atoms with van der Waals surface area (Å²) in [4.78, 5) is 11.2. The Labute approximate surface area is 86.4 Å². The SMILES string of the molecule is NC1CC(=O)NC(c2ccc(Cl)o2)C1. The predicted octanol–water partition coefficient (Wildman–Crippen LogP) is 1.21. The monoisotopic (exact) mass is 214 g/mol. The first kappa shape index (κ1) is 9.55. The molecule has 1 aromatic heterocycles. The van der Waals surface area contributed by atoms with Crippen LogP contribution in [0.2, 0.25) is 5.22 Å². The van der Waals surface area contributed by atoms with Gasteiger partial charge in [0.15, 0.2) is 5.22 Å². The zero-order valence-electron chi connectivity index (χ0n) is 7.50. The van der Waals surface area contributed by atoms with E-state index in [4.69, 9.17) is 21.8 Å². The number of piperidine rings is 1. The third kappa shape index (κ3) is 1.91. The van der Waals surface area contributed by atoms with Crippen LogP contribution in [-0.2, 0) is 4.79 Å². The topological polar surface area (TPSA) is 68.3 Å². The van der Waals surface area contributed by atoms with Crippen LogP contribution in [-0.4, -0.2) is 11.9 Å². The molecule has 0 radical (unpaired) electrons. The molecule has 3 N–H and O–H groups in total. The van der Waals surface area contributed by atoms with Crippen molar-refractivity contribution >= 4 is 17.5 Å². The summed E-state index contributed by atoms with van der Waals surface area (Å²) in [7, 11) is 0. The third-order valence-electron chi connectivity index (χ3n) is 2.26. The number of hydrogen-bond donors (Lipinski definition) is 2. The van der Waals surface area contributed by atoms with E-state index in [9.17, 15) is 4.79 Å². The standard InChI is InChI=1S/C9H11ClN2O2/c10-8-2-1-7(14-8)6-3-5(11)4-9(13)12-6/h1-2,5-6H,3-4,11H2,(H,12,13). The quantitative estimate of drug-likeness (QED) is 0.739. The van der Waals surface area contributed by atoms with Gasteiger partial charge in [0.1, 0.15) is 5.76 Å². The molecule has 0 saturated carbocycles. The second-order valence-electron chi connectivity index (χ2n) is 3.46. The van der Waals surface area contributed by atoms with Crippen LogP contribution in [0, 0.1) is 0 Å². The van der Waals surface area contributed by atoms with Crippen LogP contribution in [0.15, 0.2) is 16.5 Å². The Morgan fingerprint density at radius 1 is 1.57 bits per heavy atom. The predicted molar refractivity (Wildman–Crippen MR) is 51.8 cm³/mol. The summed E-state index contributed by atoms with van der Waals surface area (Å²) in [6.45, 7) is 0. The van der Waals surface area contributed by atoms with E-state index in [1.54, 1.807) is 12.1 Å². The zero-order valence-corrected chi connectivity index (χ0v) is 8.25. The van der Waals surface area contributed by atoms with Gasteiger partial charge < -0.3 is 15.5 Å². The van der Waals surface area contributed by atoms with Crippen molar-refractivity contribution in [3.05, 3.63) is 23.1 Å². The summed E-state index contributed by atoms with van der Waals surface area (Å²) >= 11 is 5.64. The van der Waals surface area contributed by atoms with Crippen LogP contribution in [0.25, 0.3) is 0 Å². The van der Waals surface area contributed by atoms with Gasteiger partial charge in [-0.3, -0.25) is 4.79 Å². The molecular weight excluding hydrogens is 204 g/mol. The fourth-order valence-corrected chi connectivity index (χ4v) is 1.79. The Morgan fingerprint density at radius 3 is 2.93 bits per heavy atom. The van der Waals surface area contributed by atoms with Gasteiger partial charge in [0, 0.05) is 12.5 Å². The fourth-order valence-electron chi connectivity index (χ4n) is 1.64. The Hall–Kier alpha value is -1.00. The van der Waals surface area contributed by atoms with Crippen LogP contribution in [0.3, 0.4) is 0 Å². The molecule has 76 valence electrons. The van der Waals surface area contributed by atoms with E-state index >= 15 is 0 Å². The highest BCUT2D eigenvalue weighted by Crippen LogP contribution is 2.26. The van der Waals surface area contributed by atoms with Crippen molar-refractivity contribution in [2.45, 2.75) is 24.9 Å². The van der Waals surface area contributed by atoms with Crippen molar-refractivity contribution in [1.29, 1.82) is 0 Å². The number of amides is 1.